The summed E-state index contributed by atoms with van der Waals surface area (Å²) in [5.74, 6) is 0.733. The summed E-state index contributed by atoms with van der Waals surface area (Å²) in [5.41, 5.74) is 5.61. The van der Waals surface area contributed by atoms with E-state index in [2.05, 4.69) is 19.2 Å². The highest BCUT2D eigenvalue weighted by Crippen LogP contribution is 2.34. The van der Waals surface area contributed by atoms with Crippen LogP contribution in [0.5, 0.6) is 0 Å². The highest BCUT2D eigenvalue weighted by Gasteiger charge is 2.36. The Morgan fingerprint density at radius 1 is 1.47 bits per heavy atom. The number of ether oxygens (including phenoxy) is 1. The lowest BCUT2D eigenvalue weighted by atomic mass is 9.79. The SMILES string of the molecule is CCCCNC(=O)C(C)OC1(CN)CCC(C)CC1. The van der Waals surface area contributed by atoms with Crippen LogP contribution in [0.25, 0.3) is 0 Å². The smallest absolute Gasteiger partial charge is 0.248 e. The van der Waals surface area contributed by atoms with Gasteiger partial charge in [-0.2, -0.15) is 0 Å². The van der Waals surface area contributed by atoms with E-state index in [-0.39, 0.29) is 11.5 Å². The fourth-order valence-electron chi connectivity index (χ4n) is 2.62. The van der Waals surface area contributed by atoms with Crippen molar-refractivity contribution in [3.05, 3.63) is 0 Å². The summed E-state index contributed by atoms with van der Waals surface area (Å²) < 4.78 is 6.03. The second-order valence-electron chi connectivity index (χ2n) is 5.97. The third kappa shape index (κ3) is 5.11. The van der Waals surface area contributed by atoms with E-state index in [0.717, 1.165) is 51.0 Å². The van der Waals surface area contributed by atoms with Crippen molar-refractivity contribution in [2.24, 2.45) is 11.7 Å². The molecule has 1 aliphatic carbocycles. The van der Waals surface area contributed by atoms with Crippen LogP contribution in [-0.4, -0.2) is 30.7 Å². The van der Waals surface area contributed by atoms with Gasteiger partial charge in [0.15, 0.2) is 0 Å². The van der Waals surface area contributed by atoms with Gasteiger partial charge < -0.3 is 15.8 Å². The van der Waals surface area contributed by atoms with Crippen LogP contribution in [-0.2, 0) is 9.53 Å². The van der Waals surface area contributed by atoms with E-state index in [1.807, 2.05) is 6.92 Å². The van der Waals surface area contributed by atoms with Crippen molar-refractivity contribution >= 4 is 5.91 Å². The van der Waals surface area contributed by atoms with E-state index < -0.39 is 6.10 Å². The molecule has 0 aromatic heterocycles. The molecule has 0 heterocycles. The van der Waals surface area contributed by atoms with Crippen molar-refractivity contribution in [2.75, 3.05) is 13.1 Å². The quantitative estimate of drug-likeness (QED) is 0.697. The molecule has 1 aliphatic rings. The second kappa shape index (κ2) is 7.85. The molecule has 1 atom stereocenters. The van der Waals surface area contributed by atoms with Gasteiger partial charge in [-0.15, -0.1) is 0 Å². The van der Waals surface area contributed by atoms with Crippen LogP contribution < -0.4 is 11.1 Å². The Kier molecular flexibility index (Phi) is 6.80. The van der Waals surface area contributed by atoms with E-state index in [9.17, 15) is 4.79 Å². The highest BCUT2D eigenvalue weighted by atomic mass is 16.5. The fraction of sp³-hybridized carbons (Fsp3) is 0.933. The van der Waals surface area contributed by atoms with Crippen LogP contribution in [0.15, 0.2) is 0 Å². The summed E-state index contributed by atoms with van der Waals surface area (Å²) in [6.45, 7) is 7.44. The molecule has 19 heavy (non-hydrogen) atoms. The monoisotopic (exact) mass is 270 g/mol. The van der Waals surface area contributed by atoms with E-state index in [0.29, 0.717) is 6.54 Å². The normalized spacial score (nSPS) is 28.9. The van der Waals surface area contributed by atoms with Crippen molar-refractivity contribution in [2.45, 2.75) is 71.0 Å². The van der Waals surface area contributed by atoms with Gasteiger partial charge >= 0.3 is 0 Å². The second-order valence-corrected chi connectivity index (χ2v) is 5.97. The number of amides is 1. The maximum Gasteiger partial charge on any atom is 0.248 e. The standard InChI is InChI=1S/C15H30N2O2/c1-4-5-10-17-14(18)13(3)19-15(11-16)8-6-12(2)7-9-15/h12-13H,4-11,16H2,1-3H3,(H,17,18). The average Bonchev–Trinajstić information content (AvgIpc) is 2.42. The summed E-state index contributed by atoms with van der Waals surface area (Å²) in [6.07, 6.45) is 5.91. The predicted octanol–water partition coefficient (Wildman–Crippen LogP) is 2.22. The average molecular weight is 270 g/mol. The minimum absolute atomic E-state index is 0.0140. The highest BCUT2D eigenvalue weighted by molar-refractivity contribution is 5.80. The lowest BCUT2D eigenvalue weighted by Crippen LogP contribution is -2.49. The number of nitrogens with one attached hydrogen (secondary N) is 1. The van der Waals surface area contributed by atoms with Crippen molar-refractivity contribution in [3.8, 4) is 0 Å². The van der Waals surface area contributed by atoms with Crippen LogP contribution in [0.4, 0.5) is 0 Å². The first-order chi connectivity index (χ1) is 9.03. The van der Waals surface area contributed by atoms with Crippen LogP contribution in [0.1, 0.15) is 59.3 Å². The zero-order valence-corrected chi connectivity index (χ0v) is 12.7. The van der Waals surface area contributed by atoms with Crippen molar-refractivity contribution in [1.29, 1.82) is 0 Å². The number of unbranched alkanes of at least 4 members (excludes halogenated alkanes) is 1. The van der Waals surface area contributed by atoms with E-state index in [1.54, 1.807) is 0 Å². The number of hydrogen-bond acceptors (Lipinski definition) is 3. The molecular weight excluding hydrogens is 240 g/mol. The summed E-state index contributed by atoms with van der Waals surface area (Å²) in [7, 11) is 0. The Morgan fingerprint density at radius 3 is 2.63 bits per heavy atom. The number of carbonyl (C=O) groups is 1. The molecule has 0 aromatic carbocycles. The first-order valence-electron chi connectivity index (χ1n) is 7.68. The van der Waals surface area contributed by atoms with Gasteiger partial charge in [0.1, 0.15) is 6.10 Å². The van der Waals surface area contributed by atoms with Crippen LogP contribution in [0, 0.1) is 5.92 Å². The first-order valence-corrected chi connectivity index (χ1v) is 7.68. The van der Waals surface area contributed by atoms with Crippen molar-refractivity contribution in [1.82, 2.24) is 5.32 Å². The molecule has 0 bridgehead atoms. The third-order valence-electron chi connectivity index (χ3n) is 4.18. The number of carbonyl (C=O) groups excluding carboxylic acids is 1. The molecule has 1 rings (SSSR count). The van der Waals surface area contributed by atoms with E-state index in [4.69, 9.17) is 10.5 Å². The Balaban J connectivity index is 2.44. The maximum atomic E-state index is 11.9. The summed E-state index contributed by atoms with van der Waals surface area (Å²) in [6, 6.07) is 0. The van der Waals surface area contributed by atoms with Gasteiger partial charge in [0, 0.05) is 13.1 Å². The summed E-state index contributed by atoms with van der Waals surface area (Å²) >= 11 is 0. The molecule has 1 fully saturated rings. The Labute approximate surface area is 117 Å². The lowest BCUT2D eigenvalue weighted by molar-refractivity contribution is -0.150. The van der Waals surface area contributed by atoms with E-state index in [1.165, 1.54) is 0 Å². The molecule has 0 saturated heterocycles. The van der Waals surface area contributed by atoms with Crippen LogP contribution in [0.3, 0.4) is 0 Å². The summed E-state index contributed by atoms with van der Waals surface area (Å²) in [5, 5.41) is 2.92. The molecule has 0 radical (unpaired) electrons. The van der Waals surface area contributed by atoms with Crippen LogP contribution >= 0.6 is 0 Å². The third-order valence-corrected chi connectivity index (χ3v) is 4.18. The molecule has 4 heteroatoms. The largest absolute Gasteiger partial charge is 0.361 e. The lowest BCUT2D eigenvalue weighted by Gasteiger charge is -2.40. The fourth-order valence-corrected chi connectivity index (χ4v) is 2.62. The molecular formula is C15H30N2O2. The Hall–Kier alpha value is -0.610. The van der Waals surface area contributed by atoms with Gasteiger partial charge in [0.25, 0.3) is 0 Å². The molecule has 1 amide bonds. The van der Waals surface area contributed by atoms with Crippen LogP contribution in [0.2, 0.25) is 0 Å². The zero-order valence-electron chi connectivity index (χ0n) is 12.7. The Bertz CT molecular complexity index is 273. The van der Waals surface area contributed by atoms with Gasteiger partial charge in [-0.3, -0.25) is 4.79 Å². The van der Waals surface area contributed by atoms with Gasteiger partial charge in [0.2, 0.25) is 5.91 Å². The number of hydrogen-bond donors (Lipinski definition) is 2. The van der Waals surface area contributed by atoms with Crippen molar-refractivity contribution in [3.63, 3.8) is 0 Å². The number of rotatable bonds is 7. The predicted molar refractivity (Wildman–Crippen MR) is 77.9 cm³/mol. The van der Waals surface area contributed by atoms with Crippen molar-refractivity contribution < 1.29 is 9.53 Å². The summed E-state index contributed by atoms with van der Waals surface area (Å²) in [4.78, 5) is 11.9. The molecule has 0 aliphatic heterocycles. The molecule has 4 nitrogen and oxygen atoms in total. The van der Waals surface area contributed by atoms with Gasteiger partial charge in [0.05, 0.1) is 5.60 Å². The maximum absolute atomic E-state index is 11.9. The topological polar surface area (TPSA) is 64.3 Å². The molecule has 0 aromatic rings. The van der Waals surface area contributed by atoms with Gasteiger partial charge in [-0.05, 0) is 44.9 Å². The Morgan fingerprint density at radius 2 is 2.11 bits per heavy atom. The molecule has 1 saturated carbocycles. The number of nitrogens with two attached hydrogens (primary N) is 1. The zero-order chi connectivity index (χ0) is 14.3. The molecule has 112 valence electrons. The molecule has 3 N–H and O–H groups in total. The minimum Gasteiger partial charge on any atom is -0.361 e. The van der Waals surface area contributed by atoms with E-state index >= 15 is 0 Å². The van der Waals surface area contributed by atoms with Gasteiger partial charge in [-0.25, -0.2) is 0 Å². The molecule has 1 unspecified atom stereocenters. The minimum atomic E-state index is -0.409. The molecule has 0 spiro atoms. The first kappa shape index (κ1) is 16.4. The van der Waals surface area contributed by atoms with Gasteiger partial charge in [-0.1, -0.05) is 20.3 Å².